The number of benzene rings is 2. The van der Waals surface area contributed by atoms with Crippen molar-refractivity contribution in [3.63, 3.8) is 0 Å². The number of alkyl halides is 3. The first-order chi connectivity index (χ1) is 14.9. The van der Waals surface area contributed by atoms with Crippen molar-refractivity contribution in [2.24, 2.45) is 0 Å². The van der Waals surface area contributed by atoms with Crippen LogP contribution < -0.4 is 9.64 Å². The topological polar surface area (TPSA) is 66.9 Å². The number of hydrogen-bond donors (Lipinski definition) is 0. The summed E-state index contributed by atoms with van der Waals surface area (Å²) in [6.07, 6.45) is -5.82. The van der Waals surface area contributed by atoms with E-state index >= 15 is 0 Å². The van der Waals surface area contributed by atoms with Crippen LogP contribution in [0.3, 0.4) is 0 Å². The molecule has 0 spiro atoms. The number of piperazine rings is 1. The molecule has 0 radical (unpaired) electrons. The van der Waals surface area contributed by atoms with E-state index in [1.54, 1.807) is 0 Å². The molecule has 0 N–H and O–H groups in total. The highest BCUT2D eigenvalue weighted by atomic mass is 32.2. The Morgan fingerprint density at radius 3 is 2.16 bits per heavy atom. The van der Waals surface area contributed by atoms with E-state index in [0.717, 1.165) is 42.6 Å². The highest BCUT2D eigenvalue weighted by molar-refractivity contribution is 7.90. The van der Waals surface area contributed by atoms with Crippen LogP contribution in [0.2, 0.25) is 0 Å². The molecule has 2 aromatic carbocycles. The van der Waals surface area contributed by atoms with Crippen LogP contribution in [-0.4, -0.2) is 63.9 Å². The van der Waals surface area contributed by atoms with Gasteiger partial charge in [0.05, 0.1) is 10.5 Å². The third-order valence-electron chi connectivity index (χ3n) is 5.34. The van der Waals surface area contributed by atoms with Gasteiger partial charge in [-0.2, -0.15) is 13.2 Å². The zero-order valence-corrected chi connectivity index (χ0v) is 18.8. The molecular formula is C22H25F3N2O4S. The van der Waals surface area contributed by atoms with Crippen LogP contribution in [0.25, 0.3) is 0 Å². The molecule has 174 valence electrons. The normalized spacial score (nSPS) is 16.1. The van der Waals surface area contributed by atoms with Crippen LogP contribution in [0.5, 0.6) is 5.75 Å². The van der Waals surface area contributed by atoms with E-state index in [-0.39, 0.29) is 16.2 Å². The second kappa shape index (κ2) is 9.01. The second-order valence-corrected chi connectivity index (χ2v) is 9.86. The zero-order valence-electron chi connectivity index (χ0n) is 18.0. The molecule has 1 heterocycles. The Hall–Kier alpha value is -2.75. The molecule has 1 aliphatic heterocycles. The van der Waals surface area contributed by atoms with Gasteiger partial charge in [0.25, 0.3) is 5.91 Å². The Labute approximate surface area is 185 Å². The van der Waals surface area contributed by atoms with Gasteiger partial charge in [0.1, 0.15) is 5.75 Å². The molecule has 3 rings (SSSR count). The first-order valence-corrected chi connectivity index (χ1v) is 11.9. The maximum Gasteiger partial charge on any atom is 0.425 e. The third kappa shape index (κ3) is 5.53. The Bertz CT molecular complexity index is 1080. The highest BCUT2D eigenvalue weighted by Crippen LogP contribution is 2.30. The smallest absolute Gasteiger partial charge is 0.425 e. The third-order valence-corrected chi connectivity index (χ3v) is 6.45. The molecule has 1 fully saturated rings. The lowest BCUT2D eigenvalue weighted by Crippen LogP contribution is -2.49. The van der Waals surface area contributed by atoms with E-state index in [0.29, 0.717) is 26.2 Å². The predicted molar refractivity (Wildman–Crippen MR) is 115 cm³/mol. The predicted octanol–water partition coefficient (Wildman–Crippen LogP) is 3.69. The highest BCUT2D eigenvalue weighted by Gasteiger charge is 2.39. The van der Waals surface area contributed by atoms with E-state index in [1.807, 2.05) is 31.2 Å². The lowest BCUT2D eigenvalue weighted by atomic mass is 10.1. The molecule has 0 aromatic heterocycles. The minimum atomic E-state index is -4.63. The quantitative estimate of drug-likeness (QED) is 0.667. The molecule has 1 unspecified atom stereocenters. The average molecular weight is 471 g/mol. The van der Waals surface area contributed by atoms with Crippen LogP contribution in [0.1, 0.15) is 22.8 Å². The van der Waals surface area contributed by atoms with Gasteiger partial charge in [-0.15, -0.1) is 0 Å². The van der Waals surface area contributed by atoms with Crippen LogP contribution in [-0.2, 0) is 9.84 Å². The lowest BCUT2D eigenvalue weighted by molar-refractivity contribution is -0.189. The first kappa shape index (κ1) is 23.9. The molecule has 1 aliphatic rings. The number of hydrogen-bond acceptors (Lipinski definition) is 5. The number of rotatable bonds is 5. The molecule has 32 heavy (non-hydrogen) atoms. The van der Waals surface area contributed by atoms with Gasteiger partial charge in [0, 0.05) is 38.1 Å². The van der Waals surface area contributed by atoms with Gasteiger partial charge in [-0.05, 0) is 44.2 Å². The summed E-state index contributed by atoms with van der Waals surface area (Å²) in [7, 11) is -3.67. The largest absolute Gasteiger partial charge is 0.480 e. The molecule has 1 amide bonds. The van der Waals surface area contributed by atoms with Gasteiger partial charge in [-0.25, -0.2) is 8.42 Å². The number of carbonyl (C=O) groups is 1. The van der Waals surface area contributed by atoms with Crippen LogP contribution in [0.15, 0.2) is 47.4 Å². The van der Waals surface area contributed by atoms with Gasteiger partial charge in [-0.3, -0.25) is 4.79 Å². The summed E-state index contributed by atoms with van der Waals surface area (Å²) in [4.78, 5) is 16.6. The maximum absolute atomic E-state index is 13.2. The Balaban J connectivity index is 1.83. The van der Waals surface area contributed by atoms with Gasteiger partial charge in [-0.1, -0.05) is 17.7 Å². The number of nitrogens with zero attached hydrogens (tertiary/aromatic N) is 2. The van der Waals surface area contributed by atoms with Crippen molar-refractivity contribution in [1.82, 2.24) is 4.90 Å². The minimum Gasteiger partial charge on any atom is -0.480 e. The standard InChI is InChI=1S/C22H25F3N2O4S/c1-15-4-6-17(7-5-15)26-10-12-27(13-11-26)21(28)19-14-18(32(3,29)30)8-9-20(19)31-16(2)22(23,24)25/h4-9,14,16H,10-13H2,1-3H3. The van der Waals surface area contributed by atoms with Crippen LogP contribution >= 0.6 is 0 Å². The fraction of sp³-hybridized carbons (Fsp3) is 0.409. The molecular weight excluding hydrogens is 445 g/mol. The van der Waals surface area contributed by atoms with Crippen molar-refractivity contribution in [2.75, 3.05) is 37.3 Å². The lowest BCUT2D eigenvalue weighted by Gasteiger charge is -2.36. The van der Waals surface area contributed by atoms with Crippen molar-refractivity contribution in [3.8, 4) is 5.75 Å². The number of ether oxygens (including phenoxy) is 1. The SMILES string of the molecule is Cc1ccc(N2CCN(C(=O)c3cc(S(C)(=O)=O)ccc3OC(C)C(F)(F)F)CC2)cc1. The van der Waals surface area contributed by atoms with Crippen molar-refractivity contribution in [3.05, 3.63) is 53.6 Å². The number of amides is 1. The van der Waals surface area contributed by atoms with Gasteiger partial charge in [0.15, 0.2) is 15.9 Å². The summed E-state index contributed by atoms with van der Waals surface area (Å²) in [5.41, 5.74) is 1.95. The molecule has 10 heteroatoms. The second-order valence-electron chi connectivity index (χ2n) is 7.85. The Kier molecular flexibility index (Phi) is 6.73. The first-order valence-electron chi connectivity index (χ1n) is 10.0. The molecule has 1 saturated heterocycles. The van der Waals surface area contributed by atoms with Crippen molar-refractivity contribution in [2.45, 2.75) is 31.0 Å². The summed E-state index contributed by atoms with van der Waals surface area (Å²) < 4.78 is 67.9. The molecule has 1 atom stereocenters. The van der Waals surface area contributed by atoms with Gasteiger partial charge in [0.2, 0.25) is 0 Å². The minimum absolute atomic E-state index is 0.161. The molecule has 0 aliphatic carbocycles. The number of halogens is 3. The Morgan fingerprint density at radius 1 is 1.03 bits per heavy atom. The summed E-state index contributed by atoms with van der Waals surface area (Å²) in [6.45, 7) is 4.57. The monoisotopic (exact) mass is 470 g/mol. The molecule has 2 aromatic rings. The van der Waals surface area contributed by atoms with E-state index < -0.39 is 28.0 Å². The average Bonchev–Trinajstić information content (AvgIpc) is 2.73. The van der Waals surface area contributed by atoms with Crippen molar-refractivity contribution in [1.29, 1.82) is 0 Å². The van der Waals surface area contributed by atoms with E-state index in [9.17, 15) is 26.4 Å². The van der Waals surface area contributed by atoms with Crippen LogP contribution in [0, 0.1) is 6.92 Å². The summed E-state index contributed by atoms with van der Waals surface area (Å²) in [5, 5.41) is 0. The van der Waals surface area contributed by atoms with E-state index in [1.165, 1.54) is 4.90 Å². The zero-order chi connectivity index (χ0) is 23.7. The summed E-state index contributed by atoms with van der Waals surface area (Å²) >= 11 is 0. The Morgan fingerprint density at radius 2 is 1.62 bits per heavy atom. The van der Waals surface area contributed by atoms with E-state index in [2.05, 4.69) is 4.90 Å². The maximum atomic E-state index is 13.2. The number of aryl methyl sites for hydroxylation is 1. The number of sulfone groups is 1. The number of anilines is 1. The van der Waals surface area contributed by atoms with Gasteiger partial charge < -0.3 is 14.5 Å². The molecule has 0 saturated carbocycles. The number of carbonyl (C=O) groups excluding carboxylic acids is 1. The summed E-state index contributed by atoms with van der Waals surface area (Å²) in [6, 6.07) is 11.3. The fourth-order valence-electron chi connectivity index (χ4n) is 3.36. The van der Waals surface area contributed by atoms with Crippen molar-refractivity contribution < 1.29 is 31.1 Å². The molecule has 0 bridgehead atoms. The van der Waals surface area contributed by atoms with Gasteiger partial charge >= 0.3 is 6.18 Å². The fourth-order valence-corrected chi connectivity index (χ4v) is 4.01. The summed E-state index contributed by atoms with van der Waals surface area (Å²) in [5.74, 6) is -0.864. The van der Waals surface area contributed by atoms with E-state index in [4.69, 9.17) is 4.74 Å². The van der Waals surface area contributed by atoms with Crippen LogP contribution in [0.4, 0.5) is 18.9 Å². The van der Waals surface area contributed by atoms with Crippen molar-refractivity contribution >= 4 is 21.4 Å². The molecule has 6 nitrogen and oxygen atoms in total.